The van der Waals surface area contributed by atoms with E-state index in [0.717, 1.165) is 16.9 Å². The van der Waals surface area contributed by atoms with Crippen LogP contribution in [0, 0.1) is 6.92 Å². The molecule has 24 heavy (non-hydrogen) atoms. The Labute approximate surface area is 142 Å². The van der Waals surface area contributed by atoms with Crippen LogP contribution in [0.3, 0.4) is 0 Å². The van der Waals surface area contributed by atoms with Gasteiger partial charge in [-0.2, -0.15) is 0 Å². The summed E-state index contributed by atoms with van der Waals surface area (Å²) in [5.41, 5.74) is 3.31. The van der Waals surface area contributed by atoms with Gasteiger partial charge in [-0.1, -0.05) is 18.2 Å². The summed E-state index contributed by atoms with van der Waals surface area (Å²) in [6.07, 6.45) is 0. The lowest BCUT2D eigenvalue weighted by atomic mass is 10.1. The molecule has 0 aromatic heterocycles. The Morgan fingerprint density at radius 2 is 1.71 bits per heavy atom. The topological polar surface area (TPSA) is 61.4 Å². The van der Waals surface area contributed by atoms with E-state index in [9.17, 15) is 9.59 Å². The van der Waals surface area contributed by atoms with Crippen LogP contribution >= 0.6 is 0 Å². The molecule has 0 aliphatic heterocycles. The summed E-state index contributed by atoms with van der Waals surface area (Å²) in [4.78, 5) is 26.4. The van der Waals surface area contributed by atoms with Crippen molar-refractivity contribution in [3.8, 4) is 0 Å². The number of nitrogens with zero attached hydrogens (tertiary/aromatic N) is 1. The predicted octanol–water partition coefficient (Wildman–Crippen LogP) is 2.82. The molecule has 2 N–H and O–H groups in total. The van der Waals surface area contributed by atoms with E-state index in [1.165, 1.54) is 0 Å². The highest BCUT2D eigenvalue weighted by Gasteiger charge is 2.17. The smallest absolute Gasteiger partial charge is 0.251 e. The Kier molecular flexibility index (Phi) is 5.58. The van der Waals surface area contributed by atoms with Crippen LogP contribution in [-0.2, 0) is 4.79 Å². The van der Waals surface area contributed by atoms with E-state index in [-0.39, 0.29) is 11.8 Å². The van der Waals surface area contributed by atoms with Gasteiger partial charge in [0.25, 0.3) is 5.91 Å². The molecule has 2 rings (SSSR count). The van der Waals surface area contributed by atoms with Gasteiger partial charge in [0.2, 0.25) is 5.91 Å². The Morgan fingerprint density at radius 3 is 2.29 bits per heavy atom. The van der Waals surface area contributed by atoms with Gasteiger partial charge < -0.3 is 15.5 Å². The van der Waals surface area contributed by atoms with E-state index < -0.39 is 6.04 Å². The molecule has 0 spiro atoms. The first-order chi connectivity index (χ1) is 11.4. The molecule has 1 atom stereocenters. The number of benzene rings is 2. The molecule has 1 unspecified atom stereocenters. The van der Waals surface area contributed by atoms with E-state index in [2.05, 4.69) is 10.6 Å². The lowest BCUT2D eigenvalue weighted by Gasteiger charge is -2.18. The summed E-state index contributed by atoms with van der Waals surface area (Å²) < 4.78 is 0. The normalized spacial score (nSPS) is 11.5. The summed E-state index contributed by atoms with van der Waals surface area (Å²) in [7, 11) is 3.93. The molecule has 2 amide bonds. The van der Waals surface area contributed by atoms with Crippen LogP contribution in [0.1, 0.15) is 22.8 Å². The fraction of sp³-hybridized carbons (Fsp3) is 0.263. The number of carbonyl (C=O) groups is 2. The van der Waals surface area contributed by atoms with Crippen LogP contribution < -0.4 is 15.5 Å². The van der Waals surface area contributed by atoms with Crippen molar-refractivity contribution in [2.45, 2.75) is 19.9 Å². The highest BCUT2D eigenvalue weighted by atomic mass is 16.2. The Morgan fingerprint density at radius 1 is 1.04 bits per heavy atom. The van der Waals surface area contributed by atoms with Crippen LogP contribution in [0.15, 0.2) is 48.5 Å². The van der Waals surface area contributed by atoms with Gasteiger partial charge in [0.1, 0.15) is 6.04 Å². The molecule has 0 bridgehead atoms. The molecule has 0 saturated carbocycles. The van der Waals surface area contributed by atoms with Crippen molar-refractivity contribution in [2.75, 3.05) is 24.3 Å². The molecule has 0 heterocycles. The first-order valence-corrected chi connectivity index (χ1v) is 7.83. The monoisotopic (exact) mass is 325 g/mol. The first-order valence-electron chi connectivity index (χ1n) is 7.83. The molecule has 0 aliphatic carbocycles. The Hall–Kier alpha value is -2.82. The fourth-order valence-corrected chi connectivity index (χ4v) is 2.24. The highest BCUT2D eigenvalue weighted by Crippen LogP contribution is 2.21. The maximum atomic E-state index is 12.3. The molecule has 0 aliphatic rings. The van der Waals surface area contributed by atoms with Gasteiger partial charge in [-0.3, -0.25) is 9.59 Å². The van der Waals surface area contributed by atoms with Gasteiger partial charge in [0.15, 0.2) is 0 Å². The van der Waals surface area contributed by atoms with Crippen LogP contribution in [0.2, 0.25) is 0 Å². The van der Waals surface area contributed by atoms with E-state index in [1.54, 1.807) is 31.2 Å². The second kappa shape index (κ2) is 7.64. The van der Waals surface area contributed by atoms with Gasteiger partial charge in [-0.15, -0.1) is 0 Å². The van der Waals surface area contributed by atoms with Crippen molar-refractivity contribution in [2.24, 2.45) is 0 Å². The molecule has 5 nitrogen and oxygen atoms in total. The average Bonchev–Trinajstić information content (AvgIpc) is 2.57. The van der Waals surface area contributed by atoms with Crippen molar-refractivity contribution in [1.82, 2.24) is 5.32 Å². The maximum Gasteiger partial charge on any atom is 0.251 e. The summed E-state index contributed by atoms with van der Waals surface area (Å²) in [6.45, 7) is 3.61. The molecule has 2 aromatic rings. The van der Waals surface area contributed by atoms with Crippen molar-refractivity contribution in [3.63, 3.8) is 0 Å². The summed E-state index contributed by atoms with van der Waals surface area (Å²) in [5.74, 6) is -0.516. The van der Waals surface area contributed by atoms with Crippen molar-refractivity contribution < 1.29 is 9.59 Å². The van der Waals surface area contributed by atoms with E-state index in [1.807, 2.05) is 50.2 Å². The zero-order valence-electron chi connectivity index (χ0n) is 14.5. The van der Waals surface area contributed by atoms with Gasteiger partial charge in [-0.05, 0) is 49.7 Å². The second-order valence-electron chi connectivity index (χ2n) is 5.94. The third kappa shape index (κ3) is 4.35. The van der Waals surface area contributed by atoms with Gasteiger partial charge in [0, 0.05) is 31.0 Å². The Bertz CT molecular complexity index is 727. The number of amides is 2. The minimum Gasteiger partial charge on any atom is -0.378 e. The average molecular weight is 325 g/mol. The van der Waals surface area contributed by atoms with Crippen LogP contribution in [0.5, 0.6) is 0 Å². The minimum atomic E-state index is -0.634. The minimum absolute atomic E-state index is 0.250. The second-order valence-corrected chi connectivity index (χ2v) is 5.94. The fourth-order valence-electron chi connectivity index (χ4n) is 2.24. The SMILES string of the molecule is Cc1cc(N(C)C)ccc1NC(=O)C(C)NC(=O)c1ccccc1. The lowest BCUT2D eigenvalue weighted by Crippen LogP contribution is -2.41. The standard InChI is InChI=1S/C19H23N3O2/c1-13-12-16(22(3)4)10-11-17(13)21-18(23)14(2)20-19(24)15-8-6-5-7-9-15/h5-12,14H,1-4H3,(H,20,24)(H,21,23). The van der Waals surface area contributed by atoms with Crippen molar-refractivity contribution in [3.05, 3.63) is 59.7 Å². The number of nitrogens with one attached hydrogen (secondary N) is 2. The molecular weight excluding hydrogens is 302 g/mol. The quantitative estimate of drug-likeness (QED) is 0.888. The van der Waals surface area contributed by atoms with E-state index in [4.69, 9.17) is 0 Å². The van der Waals surface area contributed by atoms with Gasteiger partial charge in [-0.25, -0.2) is 0 Å². The lowest BCUT2D eigenvalue weighted by molar-refractivity contribution is -0.117. The number of hydrogen-bond acceptors (Lipinski definition) is 3. The Balaban J connectivity index is 2.00. The molecule has 0 fully saturated rings. The predicted molar refractivity (Wildman–Crippen MR) is 97.5 cm³/mol. The zero-order valence-corrected chi connectivity index (χ0v) is 14.5. The largest absolute Gasteiger partial charge is 0.378 e. The molecule has 0 radical (unpaired) electrons. The molecule has 126 valence electrons. The third-order valence-electron chi connectivity index (χ3n) is 3.76. The van der Waals surface area contributed by atoms with Crippen molar-refractivity contribution in [1.29, 1.82) is 0 Å². The number of anilines is 2. The van der Waals surface area contributed by atoms with Gasteiger partial charge >= 0.3 is 0 Å². The van der Waals surface area contributed by atoms with Crippen LogP contribution in [-0.4, -0.2) is 32.0 Å². The molecule has 5 heteroatoms. The summed E-state index contributed by atoms with van der Waals surface area (Å²) in [5, 5.41) is 5.57. The summed E-state index contributed by atoms with van der Waals surface area (Å²) >= 11 is 0. The number of rotatable bonds is 5. The third-order valence-corrected chi connectivity index (χ3v) is 3.76. The molecule has 2 aromatic carbocycles. The number of hydrogen-bond donors (Lipinski definition) is 2. The maximum absolute atomic E-state index is 12.3. The van der Waals surface area contributed by atoms with E-state index >= 15 is 0 Å². The van der Waals surface area contributed by atoms with Crippen molar-refractivity contribution >= 4 is 23.2 Å². The van der Waals surface area contributed by atoms with Crippen LogP contribution in [0.4, 0.5) is 11.4 Å². The first kappa shape index (κ1) is 17.5. The number of carbonyl (C=O) groups excluding carboxylic acids is 2. The zero-order chi connectivity index (χ0) is 17.7. The summed E-state index contributed by atoms with van der Waals surface area (Å²) in [6, 6.07) is 14.0. The van der Waals surface area contributed by atoms with Gasteiger partial charge in [0.05, 0.1) is 0 Å². The number of aryl methyl sites for hydroxylation is 1. The van der Waals surface area contributed by atoms with E-state index in [0.29, 0.717) is 5.56 Å². The van der Waals surface area contributed by atoms with Crippen LogP contribution in [0.25, 0.3) is 0 Å². The molecular formula is C19H23N3O2. The highest BCUT2D eigenvalue weighted by molar-refractivity contribution is 6.01. The molecule has 0 saturated heterocycles.